The third-order valence-electron chi connectivity index (χ3n) is 7.87. The number of piperazine rings is 1. The van der Waals surface area contributed by atoms with Crippen molar-refractivity contribution in [3.63, 3.8) is 0 Å². The lowest BCUT2D eigenvalue weighted by molar-refractivity contribution is 0.101. The molecule has 1 fully saturated rings. The maximum Gasteiger partial charge on any atom is 0.252 e. The second-order valence-electron chi connectivity index (χ2n) is 9.91. The molecule has 0 unspecified atom stereocenters. The fourth-order valence-corrected chi connectivity index (χ4v) is 5.63. The van der Waals surface area contributed by atoms with Gasteiger partial charge in [0, 0.05) is 50.5 Å². The van der Waals surface area contributed by atoms with Crippen LogP contribution in [0.5, 0.6) is 0 Å². The lowest BCUT2D eigenvalue weighted by atomic mass is 9.97. The average Bonchev–Trinajstić information content (AvgIpc) is 3.48. The predicted octanol–water partition coefficient (Wildman–Crippen LogP) is 3.66. The maximum absolute atomic E-state index is 12.9. The summed E-state index contributed by atoms with van der Waals surface area (Å²) in [6.45, 7) is 10.7. The molecule has 1 aliphatic heterocycles. The van der Waals surface area contributed by atoms with Crippen molar-refractivity contribution in [3.8, 4) is 6.07 Å². The topological polar surface area (TPSA) is 87.4 Å². The Bertz CT molecular complexity index is 1510. The van der Waals surface area contributed by atoms with Crippen LogP contribution >= 0.6 is 0 Å². The van der Waals surface area contributed by atoms with Gasteiger partial charge in [0.15, 0.2) is 0 Å². The maximum atomic E-state index is 12.9. The highest BCUT2D eigenvalue weighted by molar-refractivity contribution is 5.88. The van der Waals surface area contributed by atoms with E-state index in [0.717, 1.165) is 48.2 Å². The number of aryl methyl sites for hydroxylation is 2. The molecular weight excluding hydrogens is 452 g/mol. The monoisotopic (exact) mass is 486 g/mol. The van der Waals surface area contributed by atoms with E-state index in [4.69, 9.17) is 10.4 Å². The summed E-state index contributed by atoms with van der Waals surface area (Å²) in [4.78, 5) is 17.9. The van der Waals surface area contributed by atoms with Gasteiger partial charge < -0.3 is 9.47 Å². The summed E-state index contributed by atoms with van der Waals surface area (Å²) in [6.07, 6.45) is 7.81. The molecule has 9 heteroatoms. The summed E-state index contributed by atoms with van der Waals surface area (Å²) in [5, 5.41) is 18.4. The SMILES string of the molecule is CC[C@H]1CN([C@@H](C)c2ccc3c(C)cnn3c2)[C@H](CC)CN1c1cc(=O)n(C)c2cn(CC#N)nc12. The summed E-state index contributed by atoms with van der Waals surface area (Å²) in [6, 6.07) is 9.04. The number of nitrogens with zero attached hydrogens (tertiary/aromatic N) is 8. The van der Waals surface area contributed by atoms with E-state index in [0.29, 0.717) is 6.04 Å². The number of hydrogen-bond donors (Lipinski definition) is 0. The number of nitriles is 1. The highest BCUT2D eigenvalue weighted by atomic mass is 16.1. The van der Waals surface area contributed by atoms with Crippen molar-refractivity contribution in [2.75, 3.05) is 18.0 Å². The fourth-order valence-electron chi connectivity index (χ4n) is 5.63. The summed E-state index contributed by atoms with van der Waals surface area (Å²) >= 11 is 0. The Hall–Kier alpha value is -3.64. The van der Waals surface area contributed by atoms with Crippen LogP contribution in [0.3, 0.4) is 0 Å². The molecule has 5 heterocycles. The zero-order valence-electron chi connectivity index (χ0n) is 21.7. The first-order valence-electron chi connectivity index (χ1n) is 12.8. The standard InChI is InChI=1S/C27H34N8O/c1-6-21-16-34(24-12-26(36)31(5)25-17-32(11-10-28)30-27(24)25)22(7-2)15-33(21)19(4)20-8-9-23-18(3)13-29-35(23)14-20/h8-9,12-14,17,19,21-22H,6-7,11,15-16H2,1-5H3/t19-,21+,22-/m0/s1. The first-order valence-corrected chi connectivity index (χ1v) is 12.8. The van der Waals surface area contributed by atoms with Crippen LogP contribution in [0, 0.1) is 18.3 Å². The van der Waals surface area contributed by atoms with Gasteiger partial charge in [-0.3, -0.25) is 14.4 Å². The molecule has 0 spiro atoms. The molecule has 4 aromatic rings. The average molecular weight is 487 g/mol. The quantitative estimate of drug-likeness (QED) is 0.413. The Morgan fingerprint density at radius 3 is 2.64 bits per heavy atom. The summed E-state index contributed by atoms with van der Waals surface area (Å²) in [5.41, 5.74) is 5.92. The van der Waals surface area contributed by atoms with Gasteiger partial charge in [-0.05, 0) is 43.9 Å². The van der Waals surface area contributed by atoms with Crippen LogP contribution in [0.1, 0.15) is 50.8 Å². The number of rotatable bonds is 6. The van der Waals surface area contributed by atoms with Crippen molar-refractivity contribution in [3.05, 3.63) is 58.3 Å². The minimum atomic E-state index is -0.0597. The van der Waals surface area contributed by atoms with Gasteiger partial charge in [0.05, 0.1) is 35.2 Å². The second-order valence-corrected chi connectivity index (χ2v) is 9.91. The van der Waals surface area contributed by atoms with E-state index in [9.17, 15) is 4.79 Å². The first-order chi connectivity index (χ1) is 17.4. The Morgan fingerprint density at radius 1 is 1.14 bits per heavy atom. The smallest absolute Gasteiger partial charge is 0.252 e. The Kier molecular flexibility index (Phi) is 6.31. The minimum absolute atomic E-state index is 0.0597. The molecule has 5 rings (SSSR count). The number of aromatic nitrogens is 5. The van der Waals surface area contributed by atoms with Crippen LogP contribution in [-0.2, 0) is 13.6 Å². The molecule has 9 nitrogen and oxygen atoms in total. The molecule has 3 atom stereocenters. The van der Waals surface area contributed by atoms with E-state index in [-0.39, 0.29) is 24.2 Å². The highest BCUT2D eigenvalue weighted by Crippen LogP contribution is 2.34. The van der Waals surface area contributed by atoms with Crippen molar-refractivity contribution in [2.24, 2.45) is 7.05 Å². The van der Waals surface area contributed by atoms with Gasteiger partial charge in [-0.1, -0.05) is 19.9 Å². The van der Waals surface area contributed by atoms with E-state index < -0.39 is 0 Å². The fraction of sp³-hybridized carbons (Fsp3) is 0.481. The lowest BCUT2D eigenvalue weighted by Crippen LogP contribution is -2.58. The van der Waals surface area contributed by atoms with Crippen molar-refractivity contribution >= 4 is 22.2 Å². The lowest BCUT2D eigenvalue weighted by Gasteiger charge is -2.49. The molecule has 0 aromatic carbocycles. The van der Waals surface area contributed by atoms with E-state index in [1.165, 1.54) is 11.1 Å². The van der Waals surface area contributed by atoms with Gasteiger partial charge >= 0.3 is 0 Å². The van der Waals surface area contributed by atoms with Crippen molar-refractivity contribution in [1.29, 1.82) is 5.26 Å². The van der Waals surface area contributed by atoms with Crippen molar-refractivity contribution in [1.82, 2.24) is 28.9 Å². The number of pyridine rings is 2. The van der Waals surface area contributed by atoms with Gasteiger partial charge in [-0.15, -0.1) is 0 Å². The zero-order chi connectivity index (χ0) is 25.6. The molecular formula is C27H34N8O. The molecule has 0 radical (unpaired) electrons. The Balaban J connectivity index is 1.50. The normalized spacial score (nSPS) is 19.7. The second kappa shape index (κ2) is 9.43. The summed E-state index contributed by atoms with van der Waals surface area (Å²) in [5.74, 6) is 0. The van der Waals surface area contributed by atoms with Gasteiger partial charge in [-0.2, -0.15) is 15.5 Å². The first kappa shape index (κ1) is 24.1. The molecule has 0 bridgehead atoms. The largest absolute Gasteiger partial charge is 0.364 e. The van der Waals surface area contributed by atoms with Crippen LogP contribution in [0.25, 0.3) is 16.6 Å². The van der Waals surface area contributed by atoms with E-state index in [2.05, 4.69) is 67.0 Å². The Labute approximate surface area is 211 Å². The van der Waals surface area contributed by atoms with E-state index in [1.54, 1.807) is 28.6 Å². The Morgan fingerprint density at radius 2 is 1.92 bits per heavy atom. The van der Waals surface area contributed by atoms with Crippen LogP contribution in [0.2, 0.25) is 0 Å². The van der Waals surface area contributed by atoms with Gasteiger partial charge in [0.25, 0.3) is 5.56 Å². The van der Waals surface area contributed by atoms with Crippen LogP contribution in [-0.4, -0.2) is 54.0 Å². The van der Waals surface area contributed by atoms with E-state index >= 15 is 0 Å². The van der Waals surface area contributed by atoms with Crippen LogP contribution in [0.4, 0.5) is 5.69 Å². The predicted molar refractivity (Wildman–Crippen MR) is 141 cm³/mol. The molecule has 188 valence electrons. The minimum Gasteiger partial charge on any atom is -0.364 e. The van der Waals surface area contributed by atoms with Gasteiger partial charge in [0.1, 0.15) is 12.1 Å². The number of fused-ring (bicyclic) bond motifs is 2. The van der Waals surface area contributed by atoms with Gasteiger partial charge in [-0.25, -0.2) is 4.52 Å². The van der Waals surface area contributed by atoms with E-state index in [1.807, 2.05) is 10.7 Å². The zero-order valence-corrected chi connectivity index (χ0v) is 21.7. The molecule has 36 heavy (non-hydrogen) atoms. The molecule has 0 N–H and O–H groups in total. The number of hydrogen-bond acceptors (Lipinski definition) is 6. The van der Waals surface area contributed by atoms with Crippen molar-refractivity contribution in [2.45, 2.75) is 65.2 Å². The molecule has 0 aliphatic carbocycles. The summed E-state index contributed by atoms with van der Waals surface area (Å²) in [7, 11) is 1.76. The molecule has 0 saturated carbocycles. The molecule has 1 saturated heterocycles. The van der Waals surface area contributed by atoms with Crippen LogP contribution in [0.15, 0.2) is 41.6 Å². The molecule has 0 amide bonds. The number of anilines is 1. The van der Waals surface area contributed by atoms with Crippen LogP contribution < -0.4 is 10.5 Å². The third kappa shape index (κ3) is 3.95. The molecule has 1 aliphatic rings. The van der Waals surface area contributed by atoms with Gasteiger partial charge in [0.2, 0.25) is 0 Å². The highest BCUT2D eigenvalue weighted by Gasteiger charge is 2.36. The molecule has 4 aromatic heterocycles. The summed E-state index contributed by atoms with van der Waals surface area (Å²) < 4.78 is 5.21. The third-order valence-corrected chi connectivity index (χ3v) is 7.87. The van der Waals surface area contributed by atoms with Crippen molar-refractivity contribution < 1.29 is 0 Å².